The molecule has 0 amide bonds. The molecule has 1 aliphatic heterocycles. The fourth-order valence-corrected chi connectivity index (χ4v) is 6.84. The van der Waals surface area contributed by atoms with Gasteiger partial charge in [0.25, 0.3) is 5.56 Å². The SMILES string of the molecule is CCOc1cc(/C=c2\sc3n(c2=O)[C@@H](c2ccccc2)C(C(=O)OC)=C(CC)N=3)cc(I)c1OCc1ccc(Br)cc1. The second-order valence-corrected chi connectivity index (χ2v) is 12.5. The zero-order chi connectivity index (χ0) is 29.8. The summed E-state index contributed by atoms with van der Waals surface area (Å²) in [7, 11) is 1.35. The number of carbonyl (C=O) groups excluding carboxylic acids is 1. The molecule has 0 unspecified atom stereocenters. The van der Waals surface area contributed by atoms with Crippen molar-refractivity contribution in [1.29, 1.82) is 0 Å². The molecule has 7 nitrogen and oxygen atoms in total. The van der Waals surface area contributed by atoms with E-state index in [1.807, 2.05) is 86.7 Å². The number of fused-ring (bicyclic) bond motifs is 1. The van der Waals surface area contributed by atoms with Gasteiger partial charge in [-0.15, -0.1) is 0 Å². The number of allylic oxidation sites excluding steroid dienone is 1. The Morgan fingerprint density at radius 2 is 1.83 bits per heavy atom. The molecule has 0 radical (unpaired) electrons. The number of carbonyl (C=O) groups is 1. The maximum Gasteiger partial charge on any atom is 0.338 e. The van der Waals surface area contributed by atoms with Crippen LogP contribution in [-0.2, 0) is 16.1 Å². The smallest absolute Gasteiger partial charge is 0.338 e. The molecule has 0 N–H and O–H groups in total. The van der Waals surface area contributed by atoms with Gasteiger partial charge in [0.05, 0.1) is 39.1 Å². The third kappa shape index (κ3) is 6.25. The molecule has 4 aromatic rings. The third-order valence-corrected chi connectivity index (χ3v) is 9.00. The molecule has 0 aliphatic carbocycles. The lowest BCUT2D eigenvalue weighted by Gasteiger charge is -2.25. The lowest BCUT2D eigenvalue weighted by Crippen LogP contribution is -2.40. The van der Waals surface area contributed by atoms with Crippen LogP contribution in [0.4, 0.5) is 0 Å². The Morgan fingerprint density at radius 3 is 2.50 bits per heavy atom. The Labute approximate surface area is 269 Å². The molecule has 42 heavy (non-hydrogen) atoms. The fraction of sp³-hybridized carbons (Fsp3) is 0.219. The van der Waals surface area contributed by atoms with Gasteiger partial charge in [0, 0.05) is 4.47 Å². The van der Waals surface area contributed by atoms with Crippen molar-refractivity contribution in [2.24, 2.45) is 4.99 Å². The van der Waals surface area contributed by atoms with Crippen molar-refractivity contribution in [2.75, 3.05) is 13.7 Å². The average Bonchev–Trinajstić information content (AvgIpc) is 3.30. The minimum atomic E-state index is -0.638. The van der Waals surface area contributed by atoms with E-state index >= 15 is 0 Å². The normalized spacial score (nSPS) is 14.8. The highest BCUT2D eigenvalue weighted by atomic mass is 127. The van der Waals surface area contributed by atoms with Gasteiger partial charge in [0.1, 0.15) is 6.61 Å². The van der Waals surface area contributed by atoms with Gasteiger partial charge < -0.3 is 14.2 Å². The van der Waals surface area contributed by atoms with Gasteiger partial charge in [-0.2, -0.15) is 0 Å². The number of benzene rings is 3. The van der Waals surface area contributed by atoms with Gasteiger partial charge in [-0.05, 0) is 83.0 Å². The molecule has 1 atom stereocenters. The van der Waals surface area contributed by atoms with E-state index in [0.29, 0.717) is 51.7 Å². The number of esters is 1. The molecular weight excluding hydrogens is 731 g/mol. The first-order valence-corrected chi connectivity index (χ1v) is 16.0. The predicted octanol–water partition coefficient (Wildman–Crippen LogP) is 6.14. The molecular formula is C32H28BrIN2O5S. The van der Waals surface area contributed by atoms with Gasteiger partial charge in [0.2, 0.25) is 0 Å². The molecule has 5 rings (SSSR count). The number of hydrogen-bond acceptors (Lipinski definition) is 7. The van der Waals surface area contributed by atoms with E-state index in [4.69, 9.17) is 19.2 Å². The molecule has 2 heterocycles. The molecule has 3 aromatic carbocycles. The lowest BCUT2D eigenvalue weighted by molar-refractivity contribution is -0.136. The summed E-state index contributed by atoms with van der Waals surface area (Å²) in [5.41, 5.74) is 3.41. The highest BCUT2D eigenvalue weighted by Gasteiger charge is 2.33. The highest BCUT2D eigenvalue weighted by Crippen LogP contribution is 2.35. The third-order valence-electron chi connectivity index (χ3n) is 6.69. The summed E-state index contributed by atoms with van der Waals surface area (Å²) in [6.45, 7) is 4.71. The van der Waals surface area contributed by atoms with Crippen LogP contribution in [0.25, 0.3) is 6.08 Å². The van der Waals surface area contributed by atoms with Crippen LogP contribution < -0.4 is 24.4 Å². The topological polar surface area (TPSA) is 79.1 Å². The predicted molar refractivity (Wildman–Crippen MR) is 176 cm³/mol. The summed E-state index contributed by atoms with van der Waals surface area (Å²) in [4.78, 5) is 32.2. The fourth-order valence-electron chi connectivity index (χ4n) is 4.78. The lowest BCUT2D eigenvalue weighted by atomic mass is 9.95. The van der Waals surface area contributed by atoms with E-state index in [9.17, 15) is 9.59 Å². The number of aromatic nitrogens is 1. The minimum absolute atomic E-state index is 0.229. The Hall–Kier alpha value is -3.22. The monoisotopic (exact) mass is 758 g/mol. The van der Waals surface area contributed by atoms with Crippen LogP contribution in [0.5, 0.6) is 11.5 Å². The first-order valence-electron chi connectivity index (χ1n) is 13.4. The van der Waals surface area contributed by atoms with Crippen LogP contribution in [0.1, 0.15) is 43.0 Å². The first kappa shape index (κ1) is 30.2. The first-order chi connectivity index (χ1) is 20.3. The van der Waals surface area contributed by atoms with Crippen LogP contribution in [-0.4, -0.2) is 24.3 Å². The maximum atomic E-state index is 13.9. The number of hydrogen-bond donors (Lipinski definition) is 0. The van der Waals surface area contributed by atoms with Gasteiger partial charge in [-0.1, -0.05) is 76.7 Å². The molecule has 1 aliphatic rings. The van der Waals surface area contributed by atoms with E-state index in [1.54, 1.807) is 4.57 Å². The number of ether oxygens (including phenoxy) is 3. The molecule has 0 spiro atoms. The van der Waals surface area contributed by atoms with E-state index in [1.165, 1.54) is 18.4 Å². The molecule has 1 aromatic heterocycles. The minimum Gasteiger partial charge on any atom is -0.490 e. The Kier molecular flexibility index (Phi) is 9.64. The number of halogens is 2. The Bertz CT molecular complexity index is 1830. The van der Waals surface area contributed by atoms with Crippen LogP contribution in [0.15, 0.2) is 92.3 Å². The van der Waals surface area contributed by atoms with Gasteiger partial charge >= 0.3 is 5.97 Å². The van der Waals surface area contributed by atoms with Crippen LogP contribution in [0.2, 0.25) is 0 Å². The van der Waals surface area contributed by atoms with Gasteiger partial charge in [-0.3, -0.25) is 9.36 Å². The molecule has 0 fully saturated rings. The van der Waals surface area contributed by atoms with Crippen molar-refractivity contribution >= 4 is 61.9 Å². The molecule has 0 bridgehead atoms. The second kappa shape index (κ2) is 13.4. The number of rotatable bonds is 9. The van der Waals surface area contributed by atoms with E-state index in [2.05, 4.69) is 38.5 Å². The second-order valence-electron chi connectivity index (χ2n) is 9.38. The van der Waals surface area contributed by atoms with Crippen molar-refractivity contribution in [3.63, 3.8) is 0 Å². The molecule has 10 heteroatoms. The van der Waals surface area contributed by atoms with Crippen molar-refractivity contribution in [2.45, 2.75) is 32.9 Å². The van der Waals surface area contributed by atoms with Gasteiger partial charge in [-0.25, -0.2) is 9.79 Å². The van der Waals surface area contributed by atoms with E-state index < -0.39 is 12.0 Å². The number of thiazole rings is 1. The molecule has 216 valence electrons. The highest BCUT2D eigenvalue weighted by molar-refractivity contribution is 14.1. The van der Waals surface area contributed by atoms with E-state index in [0.717, 1.165) is 24.7 Å². The average molecular weight is 759 g/mol. The maximum absolute atomic E-state index is 13.9. The molecule has 0 saturated heterocycles. The number of nitrogens with zero attached hydrogens (tertiary/aromatic N) is 2. The number of methoxy groups -OCH3 is 1. The summed E-state index contributed by atoms with van der Waals surface area (Å²) < 4.78 is 21.2. The summed E-state index contributed by atoms with van der Waals surface area (Å²) in [6, 6.07) is 20.7. The largest absolute Gasteiger partial charge is 0.490 e. The van der Waals surface area contributed by atoms with Gasteiger partial charge in [0.15, 0.2) is 16.3 Å². The van der Waals surface area contributed by atoms with Crippen LogP contribution in [0, 0.1) is 3.57 Å². The summed E-state index contributed by atoms with van der Waals surface area (Å²) in [6.07, 6.45) is 2.36. The van der Waals surface area contributed by atoms with Crippen LogP contribution in [0.3, 0.4) is 0 Å². The van der Waals surface area contributed by atoms with Crippen molar-refractivity contribution in [1.82, 2.24) is 4.57 Å². The molecule has 0 saturated carbocycles. The summed E-state index contributed by atoms with van der Waals surface area (Å²) in [5.74, 6) is 0.760. The van der Waals surface area contributed by atoms with Crippen molar-refractivity contribution in [3.05, 3.63) is 122 Å². The zero-order valence-corrected chi connectivity index (χ0v) is 27.8. The Balaban J connectivity index is 1.59. The van der Waals surface area contributed by atoms with E-state index in [-0.39, 0.29) is 5.56 Å². The Morgan fingerprint density at radius 1 is 1.10 bits per heavy atom. The van der Waals surface area contributed by atoms with Crippen LogP contribution >= 0.6 is 49.9 Å². The summed E-state index contributed by atoms with van der Waals surface area (Å²) >= 11 is 6.99. The quantitative estimate of drug-likeness (QED) is 0.151. The standard InChI is InChI=1S/C32H28BrIN2O5S/c1-4-24-27(31(38)39-3)28(21-9-7-6-8-10-21)36-30(37)26(42-32(36)35-24)17-20-15-23(34)29(25(16-20)40-5-2)41-18-19-11-13-22(33)14-12-19/h6-17,28H,4-5,18H2,1-3H3/b26-17-/t28-/m0/s1. The zero-order valence-electron chi connectivity index (χ0n) is 23.2. The van der Waals surface area contributed by atoms with Crippen molar-refractivity contribution in [3.8, 4) is 11.5 Å². The summed E-state index contributed by atoms with van der Waals surface area (Å²) in [5, 5.41) is 0. The van der Waals surface area contributed by atoms with Crippen molar-refractivity contribution < 1.29 is 19.0 Å².